The zero-order valence-corrected chi connectivity index (χ0v) is 26.3. The SMILES string of the molecule is CCc1ccccc1N(CC(=O)N(Cc1cccc(OC)c1)[C@H](CC)C(=O)N[C@@H](C)CC)S(=O)(=O)c1ccc(C)cc1. The van der Waals surface area contributed by atoms with Crippen LogP contribution in [0.25, 0.3) is 0 Å². The van der Waals surface area contributed by atoms with Crippen molar-refractivity contribution < 1.29 is 22.7 Å². The third kappa shape index (κ3) is 7.91. The Morgan fingerprint density at radius 1 is 0.929 bits per heavy atom. The molecule has 0 unspecified atom stereocenters. The van der Waals surface area contributed by atoms with Gasteiger partial charge in [0.05, 0.1) is 17.7 Å². The highest BCUT2D eigenvalue weighted by Crippen LogP contribution is 2.29. The second-order valence-electron chi connectivity index (χ2n) is 10.4. The molecule has 0 spiro atoms. The highest BCUT2D eigenvalue weighted by molar-refractivity contribution is 7.92. The fourth-order valence-corrected chi connectivity index (χ4v) is 6.18. The Morgan fingerprint density at radius 3 is 2.24 bits per heavy atom. The predicted octanol–water partition coefficient (Wildman–Crippen LogP) is 5.48. The quantitative estimate of drug-likeness (QED) is 0.267. The van der Waals surface area contributed by atoms with Crippen LogP contribution in [-0.2, 0) is 32.6 Å². The molecule has 0 aliphatic rings. The van der Waals surface area contributed by atoms with Crippen LogP contribution in [0.2, 0.25) is 0 Å². The zero-order chi connectivity index (χ0) is 30.9. The van der Waals surface area contributed by atoms with Crippen molar-refractivity contribution in [2.24, 2.45) is 0 Å². The van der Waals surface area contributed by atoms with Gasteiger partial charge in [-0.25, -0.2) is 8.42 Å². The van der Waals surface area contributed by atoms with Crippen molar-refractivity contribution >= 4 is 27.5 Å². The van der Waals surface area contributed by atoms with Crippen LogP contribution in [0.5, 0.6) is 5.75 Å². The predicted molar refractivity (Wildman–Crippen MR) is 167 cm³/mol. The average molecular weight is 594 g/mol. The van der Waals surface area contributed by atoms with E-state index in [1.54, 1.807) is 49.6 Å². The van der Waals surface area contributed by atoms with Gasteiger partial charge >= 0.3 is 0 Å². The standard InChI is InChI=1S/C33H43N3O5S/c1-7-25(5)34-33(38)30(9-3)35(22-26-13-12-15-28(21-26)41-6)32(37)23-36(31-16-11-10-14-27(31)8-2)42(39,40)29-19-17-24(4)18-20-29/h10-21,25,30H,7-9,22-23H2,1-6H3,(H,34,38)/t25-,30+/m0/s1. The first kappa shape index (κ1) is 32.7. The molecule has 2 atom stereocenters. The summed E-state index contributed by atoms with van der Waals surface area (Å²) in [6, 6.07) is 20.2. The summed E-state index contributed by atoms with van der Waals surface area (Å²) in [5.41, 5.74) is 2.92. The fourth-order valence-electron chi connectivity index (χ4n) is 4.73. The third-order valence-electron chi connectivity index (χ3n) is 7.40. The van der Waals surface area contributed by atoms with Crippen molar-refractivity contribution in [3.05, 3.63) is 89.5 Å². The van der Waals surface area contributed by atoms with Crippen molar-refractivity contribution in [3.8, 4) is 5.75 Å². The van der Waals surface area contributed by atoms with Crippen LogP contribution in [0.3, 0.4) is 0 Å². The number of amides is 2. The number of nitrogens with zero attached hydrogens (tertiary/aromatic N) is 2. The lowest BCUT2D eigenvalue weighted by Crippen LogP contribution is -2.53. The summed E-state index contributed by atoms with van der Waals surface area (Å²) in [6.45, 7) is 9.20. The molecule has 1 N–H and O–H groups in total. The van der Waals surface area contributed by atoms with Crippen molar-refractivity contribution in [1.82, 2.24) is 10.2 Å². The van der Waals surface area contributed by atoms with E-state index in [0.29, 0.717) is 24.3 Å². The lowest BCUT2D eigenvalue weighted by molar-refractivity contribution is -0.140. The number of ether oxygens (including phenoxy) is 1. The zero-order valence-electron chi connectivity index (χ0n) is 25.5. The number of carbonyl (C=O) groups excluding carboxylic acids is 2. The molecule has 3 rings (SSSR count). The minimum atomic E-state index is -4.13. The Bertz CT molecular complexity index is 1460. The minimum Gasteiger partial charge on any atom is -0.497 e. The fraction of sp³-hybridized carbons (Fsp3) is 0.394. The number of nitrogens with one attached hydrogen (secondary N) is 1. The lowest BCUT2D eigenvalue weighted by atomic mass is 10.1. The Labute approximate surface area is 250 Å². The van der Waals surface area contributed by atoms with Crippen LogP contribution >= 0.6 is 0 Å². The summed E-state index contributed by atoms with van der Waals surface area (Å²) in [7, 11) is -2.56. The number of rotatable bonds is 14. The maximum atomic E-state index is 14.3. The van der Waals surface area contributed by atoms with Gasteiger partial charge in [-0.2, -0.15) is 0 Å². The van der Waals surface area contributed by atoms with E-state index >= 15 is 0 Å². The van der Waals surface area contributed by atoms with E-state index in [0.717, 1.165) is 23.1 Å². The van der Waals surface area contributed by atoms with Gasteiger partial charge in [0, 0.05) is 12.6 Å². The molecule has 0 aliphatic heterocycles. The van der Waals surface area contributed by atoms with E-state index in [1.807, 2.05) is 65.0 Å². The summed E-state index contributed by atoms with van der Waals surface area (Å²) < 4.78 is 34.8. The molecule has 2 amide bonds. The van der Waals surface area contributed by atoms with Crippen LogP contribution in [0.1, 0.15) is 57.2 Å². The first-order chi connectivity index (χ1) is 20.0. The van der Waals surface area contributed by atoms with Crippen molar-refractivity contribution in [1.29, 1.82) is 0 Å². The number of aryl methyl sites for hydroxylation is 2. The molecule has 0 bridgehead atoms. The molecule has 8 nitrogen and oxygen atoms in total. The van der Waals surface area contributed by atoms with E-state index in [1.165, 1.54) is 9.21 Å². The molecule has 226 valence electrons. The highest BCUT2D eigenvalue weighted by atomic mass is 32.2. The first-order valence-electron chi connectivity index (χ1n) is 14.5. The normalized spacial score (nSPS) is 12.7. The highest BCUT2D eigenvalue weighted by Gasteiger charge is 2.34. The molecule has 9 heteroatoms. The average Bonchev–Trinajstić information content (AvgIpc) is 2.99. The maximum Gasteiger partial charge on any atom is 0.264 e. The van der Waals surface area contributed by atoms with Crippen molar-refractivity contribution in [2.45, 2.75) is 77.4 Å². The summed E-state index contributed by atoms with van der Waals surface area (Å²) >= 11 is 0. The number of para-hydroxylation sites is 1. The summed E-state index contributed by atoms with van der Waals surface area (Å²) in [5.74, 6) is -0.131. The summed E-state index contributed by atoms with van der Waals surface area (Å²) in [6.07, 6.45) is 1.67. The number of carbonyl (C=O) groups is 2. The van der Waals surface area contributed by atoms with Gasteiger partial charge in [0.1, 0.15) is 18.3 Å². The van der Waals surface area contributed by atoms with E-state index in [4.69, 9.17) is 4.74 Å². The summed E-state index contributed by atoms with van der Waals surface area (Å²) in [5, 5.41) is 3.00. The molecule has 3 aromatic rings. The minimum absolute atomic E-state index is 0.0739. The van der Waals surface area contributed by atoms with Gasteiger partial charge in [-0.15, -0.1) is 0 Å². The molecule has 0 aromatic heterocycles. The maximum absolute atomic E-state index is 14.3. The Kier molecular flexibility index (Phi) is 11.6. The largest absolute Gasteiger partial charge is 0.497 e. The molecule has 0 saturated carbocycles. The third-order valence-corrected chi connectivity index (χ3v) is 9.18. The van der Waals surface area contributed by atoms with Gasteiger partial charge < -0.3 is 15.0 Å². The number of methoxy groups -OCH3 is 1. The second kappa shape index (κ2) is 14.9. The monoisotopic (exact) mass is 593 g/mol. The van der Waals surface area contributed by atoms with Crippen LogP contribution < -0.4 is 14.4 Å². The smallest absolute Gasteiger partial charge is 0.264 e. The van der Waals surface area contributed by atoms with E-state index in [9.17, 15) is 18.0 Å². The number of hydrogen-bond donors (Lipinski definition) is 1. The van der Waals surface area contributed by atoms with Crippen LogP contribution in [0.4, 0.5) is 5.69 Å². The molecule has 0 radical (unpaired) electrons. The molecule has 3 aromatic carbocycles. The number of hydrogen-bond acceptors (Lipinski definition) is 5. The van der Waals surface area contributed by atoms with E-state index in [2.05, 4.69) is 5.32 Å². The Hall–Kier alpha value is -3.85. The molecule has 42 heavy (non-hydrogen) atoms. The van der Waals surface area contributed by atoms with E-state index in [-0.39, 0.29) is 23.4 Å². The number of anilines is 1. The lowest BCUT2D eigenvalue weighted by Gasteiger charge is -2.34. The number of sulfonamides is 1. The molecular formula is C33H43N3O5S. The van der Waals surface area contributed by atoms with Gasteiger partial charge in [0.15, 0.2) is 0 Å². The van der Waals surface area contributed by atoms with Crippen molar-refractivity contribution in [2.75, 3.05) is 18.0 Å². The van der Waals surface area contributed by atoms with E-state index < -0.39 is 28.5 Å². The van der Waals surface area contributed by atoms with Gasteiger partial charge in [-0.1, -0.05) is 68.8 Å². The van der Waals surface area contributed by atoms with Gasteiger partial charge in [-0.3, -0.25) is 13.9 Å². The van der Waals surface area contributed by atoms with Gasteiger partial charge in [-0.05, 0) is 74.6 Å². The topological polar surface area (TPSA) is 96.0 Å². The molecule has 0 fully saturated rings. The number of benzene rings is 3. The molecule has 0 heterocycles. The Morgan fingerprint density at radius 2 is 1.62 bits per heavy atom. The summed E-state index contributed by atoms with van der Waals surface area (Å²) in [4.78, 5) is 29.3. The van der Waals surface area contributed by atoms with Crippen LogP contribution in [0, 0.1) is 6.92 Å². The molecular weight excluding hydrogens is 550 g/mol. The first-order valence-corrected chi connectivity index (χ1v) is 15.9. The van der Waals surface area contributed by atoms with Gasteiger partial charge in [0.25, 0.3) is 10.0 Å². The van der Waals surface area contributed by atoms with Crippen LogP contribution in [0.15, 0.2) is 77.7 Å². The second-order valence-corrected chi connectivity index (χ2v) is 12.3. The Balaban J connectivity index is 2.11. The van der Waals surface area contributed by atoms with Gasteiger partial charge in [0.2, 0.25) is 11.8 Å². The van der Waals surface area contributed by atoms with Crippen molar-refractivity contribution in [3.63, 3.8) is 0 Å². The molecule has 0 saturated heterocycles. The molecule has 0 aliphatic carbocycles. The van der Waals surface area contributed by atoms with Crippen LogP contribution in [-0.4, -0.2) is 50.9 Å².